The molecule has 1 aromatic rings. The Kier molecular flexibility index (Phi) is 4.40. The lowest BCUT2D eigenvalue weighted by Crippen LogP contribution is -2.44. The fourth-order valence-corrected chi connectivity index (χ4v) is 2.38. The predicted molar refractivity (Wildman–Crippen MR) is 74.7 cm³/mol. The number of rotatable bonds is 2. The molecule has 4 heteroatoms. The average molecular weight is 312 g/mol. The monoisotopic (exact) mass is 311 g/mol. The van der Waals surface area contributed by atoms with Gasteiger partial charge in [0.05, 0.1) is 6.61 Å². The van der Waals surface area contributed by atoms with Crippen molar-refractivity contribution in [1.29, 1.82) is 0 Å². The van der Waals surface area contributed by atoms with Gasteiger partial charge < -0.3 is 10.1 Å². The van der Waals surface area contributed by atoms with Gasteiger partial charge >= 0.3 is 0 Å². The zero-order chi connectivity index (χ0) is 13.1. The molecule has 0 saturated carbocycles. The van der Waals surface area contributed by atoms with Crippen molar-refractivity contribution in [2.24, 2.45) is 5.92 Å². The van der Waals surface area contributed by atoms with Gasteiger partial charge in [0.25, 0.3) is 5.91 Å². The minimum absolute atomic E-state index is 0.00403. The average Bonchev–Trinajstić information content (AvgIpc) is 2.35. The first kappa shape index (κ1) is 13.6. The minimum Gasteiger partial charge on any atom is -0.381 e. The lowest BCUT2D eigenvalue weighted by Gasteiger charge is -2.29. The molecule has 2 atom stereocenters. The Hall–Kier alpha value is -0.870. The van der Waals surface area contributed by atoms with Crippen LogP contribution in [-0.2, 0) is 4.74 Å². The Bertz CT molecular complexity index is 447. The highest BCUT2D eigenvalue weighted by atomic mass is 79.9. The van der Waals surface area contributed by atoms with Crippen molar-refractivity contribution < 1.29 is 9.53 Å². The summed E-state index contributed by atoms with van der Waals surface area (Å²) in [5.41, 5.74) is 1.79. The number of amides is 1. The number of benzene rings is 1. The molecule has 18 heavy (non-hydrogen) atoms. The van der Waals surface area contributed by atoms with Gasteiger partial charge in [-0.1, -0.05) is 22.9 Å². The van der Waals surface area contributed by atoms with Gasteiger partial charge in [-0.05, 0) is 43.0 Å². The highest BCUT2D eigenvalue weighted by Gasteiger charge is 2.23. The number of aryl methyl sites for hydroxylation is 1. The molecule has 1 amide bonds. The van der Waals surface area contributed by atoms with Crippen molar-refractivity contribution >= 4 is 21.8 Å². The van der Waals surface area contributed by atoms with Crippen LogP contribution in [0.5, 0.6) is 0 Å². The van der Waals surface area contributed by atoms with E-state index in [2.05, 4.69) is 28.2 Å². The summed E-state index contributed by atoms with van der Waals surface area (Å²) in [5, 5.41) is 3.10. The van der Waals surface area contributed by atoms with E-state index in [1.165, 1.54) is 0 Å². The molecule has 1 N–H and O–H groups in total. The number of halogens is 1. The molecule has 0 aromatic heterocycles. The second kappa shape index (κ2) is 5.85. The molecule has 0 spiro atoms. The molecule has 0 bridgehead atoms. The normalized spacial score (nSPS) is 23.7. The minimum atomic E-state index is 0.00403. The largest absolute Gasteiger partial charge is 0.381 e. The van der Waals surface area contributed by atoms with Crippen LogP contribution < -0.4 is 5.32 Å². The van der Waals surface area contributed by atoms with Gasteiger partial charge in [0.1, 0.15) is 0 Å². The molecule has 1 aliphatic heterocycles. The van der Waals surface area contributed by atoms with Crippen molar-refractivity contribution in [3.63, 3.8) is 0 Å². The standard InChI is InChI=1S/C14H18BrNO2/c1-9-7-11(3-4-12(9)15)14(17)16-13-5-6-18-8-10(13)2/h3-4,7,10,13H,5-6,8H2,1-2H3,(H,16,17). The van der Waals surface area contributed by atoms with Gasteiger partial charge in [0.2, 0.25) is 0 Å². The molecule has 0 radical (unpaired) electrons. The van der Waals surface area contributed by atoms with Crippen LogP contribution in [0.3, 0.4) is 0 Å². The third kappa shape index (κ3) is 3.12. The van der Waals surface area contributed by atoms with E-state index in [1.54, 1.807) is 0 Å². The first-order chi connectivity index (χ1) is 8.58. The maximum atomic E-state index is 12.2. The summed E-state index contributed by atoms with van der Waals surface area (Å²) in [6.45, 7) is 5.55. The fraction of sp³-hybridized carbons (Fsp3) is 0.500. The Morgan fingerprint density at radius 3 is 2.94 bits per heavy atom. The highest BCUT2D eigenvalue weighted by molar-refractivity contribution is 9.10. The molecule has 2 rings (SSSR count). The van der Waals surface area contributed by atoms with E-state index in [-0.39, 0.29) is 11.9 Å². The summed E-state index contributed by atoms with van der Waals surface area (Å²) >= 11 is 3.44. The predicted octanol–water partition coefficient (Wildman–Crippen LogP) is 2.91. The second-order valence-corrected chi connectivity index (χ2v) is 5.74. The molecule has 0 aliphatic carbocycles. The number of carbonyl (C=O) groups excluding carboxylic acids is 1. The third-order valence-electron chi connectivity index (χ3n) is 3.38. The van der Waals surface area contributed by atoms with Crippen LogP contribution in [0.4, 0.5) is 0 Å². The van der Waals surface area contributed by atoms with E-state index < -0.39 is 0 Å². The fourth-order valence-electron chi connectivity index (χ4n) is 2.13. The van der Waals surface area contributed by atoms with Crippen LogP contribution in [0.2, 0.25) is 0 Å². The summed E-state index contributed by atoms with van der Waals surface area (Å²) in [6.07, 6.45) is 0.891. The summed E-state index contributed by atoms with van der Waals surface area (Å²) in [6, 6.07) is 5.88. The lowest BCUT2D eigenvalue weighted by atomic mass is 9.97. The number of carbonyl (C=O) groups is 1. The Balaban J connectivity index is 2.04. The SMILES string of the molecule is Cc1cc(C(=O)NC2CCOCC2C)ccc1Br. The molecule has 1 heterocycles. The molecule has 1 fully saturated rings. The van der Waals surface area contributed by atoms with Gasteiger partial charge in [0, 0.05) is 22.7 Å². The molecule has 3 nitrogen and oxygen atoms in total. The summed E-state index contributed by atoms with van der Waals surface area (Å²) in [5.74, 6) is 0.378. The van der Waals surface area contributed by atoms with Crippen molar-refractivity contribution in [2.45, 2.75) is 26.3 Å². The highest BCUT2D eigenvalue weighted by Crippen LogP contribution is 2.18. The van der Waals surface area contributed by atoms with Crippen molar-refractivity contribution in [3.8, 4) is 0 Å². The third-order valence-corrected chi connectivity index (χ3v) is 4.27. The quantitative estimate of drug-likeness (QED) is 0.912. The van der Waals surface area contributed by atoms with Crippen LogP contribution >= 0.6 is 15.9 Å². The van der Waals surface area contributed by atoms with Crippen molar-refractivity contribution in [1.82, 2.24) is 5.32 Å². The number of hydrogen-bond donors (Lipinski definition) is 1. The van der Waals surface area contributed by atoms with E-state index >= 15 is 0 Å². The van der Waals surface area contributed by atoms with Gasteiger partial charge in [-0.25, -0.2) is 0 Å². The molecule has 2 unspecified atom stereocenters. The van der Waals surface area contributed by atoms with Gasteiger partial charge in [-0.3, -0.25) is 4.79 Å². The first-order valence-corrected chi connectivity index (χ1v) is 7.02. The summed E-state index contributed by atoms with van der Waals surface area (Å²) < 4.78 is 6.40. The molecule has 1 aliphatic rings. The van der Waals surface area contributed by atoms with Crippen molar-refractivity contribution in [2.75, 3.05) is 13.2 Å². The van der Waals surface area contributed by atoms with E-state index in [4.69, 9.17) is 4.74 Å². The Labute approximate surface area is 116 Å². The first-order valence-electron chi connectivity index (χ1n) is 6.22. The van der Waals surface area contributed by atoms with Crippen molar-refractivity contribution in [3.05, 3.63) is 33.8 Å². The molecule has 1 aromatic carbocycles. The Morgan fingerprint density at radius 2 is 2.28 bits per heavy atom. The van der Waals surface area contributed by atoms with Crippen LogP contribution in [-0.4, -0.2) is 25.2 Å². The molecular formula is C14H18BrNO2. The van der Waals surface area contributed by atoms with Gasteiger partial charge in [0.15, 0.2) is 0 Å². The number of ether oxygens (including phenoxy) is 1. The molecule has 1 saturated heterocycles. The van der Waals surface area contributed by atoms with Crippen LogP contribution in [0, 0.1) is 12.8 Å². The van der Waals surface area contributed by atoms with Gasteiger partial charge in [-0.15, -0.1) is 0 Å². The smallest absolute Gasteiger partial charge is 0.251 e. The molecular weight excluding hydrogens is 294 g/mol. The maximum Gasteiger partial charge on any atom is 0.251 e. The zero-order valence-electron chi connectivity index (χ0n) is 10.7. The lowest BCUT2D eigenvalue weighted by molar-refractivity contribution is 0.0375. The van der Waals surface area contributed by atoms with Gasteiger partial charge in [-0.2, -0.15) is 0 Å². The topological polar surface area (TPSA) is 38.3 Å². The second-order valence-electron chi connectivity index (χ2n) is 4.88. The van der Waals surface area contributed by atoms with Crippen LogP contribution in [0.1, 0.15) is 29.3 Å². The van der Waals surface area contributed by atoms with Crippen LogP contribution in [0.25, 0.3) is 0 Å². The van der Waals surface area contributed by atoms with Crippen LogP contribution in [0.15, 0.2) is 22.7 Å². The number of hydrogen-bond acceptors (Lipinski definition) is 2. The zero-order valence-corrected chi connectivity index (χ0v) is 12.3. The summed E-state index contributed by atoms with van der Waals surface area (Å²) in [4.78, 5) is 12.2. The van der Waals surface area contributed by atoms with E-state index in [1.807, 2.05) is 25.1 Å². The Morgan fingerprint density at radius 1 is 1.50 bits per heavy atom. The molecule has 98 valence electrons. The number of nitrogens with one attached hydrogen (secondary N) is 1. The van der Waals surface area contributed by atoms with E-state index in [9.17, 15) is 4.79 Å². The van der Waals surface area contributed by atoms with E-state index in [0.717, 1.165) is 35.2 Å². The summed E-state index contributed by atoms with van der Waals surface area (Å²) in [7, 11) is 0. The maximum absolute atomic E-state index is 12.2. The van der Waals surface area contributed by atoms with E-state index in [0.29, 0.717) is 5.92 Å².